The van der Waals surface area contributed by atoms with Crippen LogP contribution in [0.2, 0.25) is 0 Å². The Morgan fingerprint density at radius 1 is 1.05 bits per heavy atom. The maximum atomic E-state index is 13.8. The SMILES string of the molecule is Cc1nc(-c2ccc(C(F)(F)F)cn2)sc1C(=O)N1CCc2cc3nccc(N4CCN5CCC[C@H]5C4)c3cc21.Cl. The van der Waals surface area contributed by atoms with Crippen molar-refractivity contribution in [3.63, 3.8) is 0 Å². The van der Waals surface area contributed by atoms with E-state index in [0.717, 1.165) is 77.5 Å². The Balaban J connectivity index is 0.00000302. The maximum absolute atomic E-state index is 13.8. The lowest BCUT2D eigenvalue weighted by molar-refractivity contribution is -0.137. The van der Waals surface area contributed by atoms with Gasteiger partial charge in [0.2, 0.25) is 0 Å². The average molecular weight is 601 g/mol. The summed E-state index contributed by atoms with van der Waals surface area (Å²) < 4.78 is 38.9. The zero-order valence-electron chi connectivity index (χ0n) is 22.3. The molecule has 2 fully saturated rings. The van der Waals surface area contributed by atoms with E-state index >= 15 is 0 Å². The number of aromatic nitrogens is 3. The molecule has 6 heterocycles. The normalized spacial score (nSPS) is 18.9. The van der Waals surface area contributed by atoms with Gasteiger partial charge in [-0.15, -0.1) is 23.7 Å². The van der Waals surface area contributed by atoms with Gasteiger partial charge in [0, 0.05) is 61.4 Å². The lowest BCUT2D eigenvalue weighted by Crippen LogP contribution is -2.50. The van der Waals surface area contributed by atoms with Crippen molar-refractivity contribution in [3.8, 4) is 10.7 Å². The number of fused-ring (bicyclic) bond motifs is 3. The molecular weight excluding hydrogens is 573 g/mol. The maximum Gasteiger partial charge on any atom is 0.417 e. The van der Waals surface area contributed by atoms with Crippen LogP contribution in [0, 0.1) is 6.92 Å². The summed E-state index contributed by atoms with van der Waals surface area (Å²) in [4.78, 5) is 34.2. The minimum Gasteiger partial charge on any atom is -0.368 e. The molecule has 0 bridgehead atoms. The van der Waals surface area contributed by atoms with Gasteiger partial charge in [0.25, 0.3) is 5.91 Å². The van der Waals surface area contributed by atoms with E-state index in [2.05, 4.69) is 43.0 Å². The monoisotopic (exact) mass is 600 g/mol. The predicted molar refractivity (Wildman–Crippen MR) is 156 cm³/mol. The largest absolute Gasteiger partial charge is 0.417 e. The lowest BCUT2D eigenvalue weighted by Gasteiger charge is -2.39. The number of amides is 1. The highest BCUT2D eigenvalue weighted by Gasteiger charge is 2.34. The number of benzene rings is 1. The first-order valence-electron chi connectivity index (χ1n) is 13.5. The van der Waals surface area contributed by atoms with Crippen molar-refractivity contribution in [1.29, 1.82) is 0 Å². The average Bonchev–Trinajstić information content (AvgIpc) is 3.68. The molecular formula is C29H28ClF3N6OS. The number of anilines is 2. The first kappa shape index (κ1) is 27.9. The van der Waals surface area contributed by atoms with Gasteiger partial charge in [0.05, 0.1) is 22.5 Å². The van der Waals surface area contributed by atoms with Crippen LogP contribution in [0.5, 0.6) is 0 Å². The molecule has 41 heavy (non-hydrogen) atoms. The third-order valence-corrected chi connectivity index (χ3v) is 9.46. The zero-order valence-corrected chi connectivity index (χ0v) is 24.0. The third kappa shape index (κ3) is 4.93. The van der Waals surface area contributed by atoms with E-state index in [4.69, 9.17) is 0 Å². The number of halogens is 4. The van der Waals surface area contributed by atoms with Gasteiger partial charge in [-0.3, -0.25) is 19.7 Å². The summed E-state index contributed by atoms with van der Waals surface area (Å²) >= 11 is 1.16. The molecule has 0 spiro atoms. The molecule has 3 aliphatic rings. The van der Waals surface area contributed by atoms with Crippen LogP contribution in [0.3, 0.4) is 0 Å². The summed E-state index contributed by atoms with van der Waals surface area (Å²) in [6.07, 6.45) is 1.44. The highest BCUT2D eigenvalue weighted by atomic mass is 35.5. The van der Waals surface area contributed by atoms with Crippen molar-refractivity contribution in [2.45, 2.75) is 38.4 Å². The Bertz CT molecular complexity index is 1630. The summed E-state index contributed by atoms with van der Waals surface area (Å²) in [7, 11) is 0. The minimum atomic E-state index is -4.46. The molecule has 2 saturated heterocycles. The van der Waals surface area contributed by atoms with Crippen molar-refractivity contribution in [3.05, 3.63) is 64.4 Å². The van der Waals surface area contributed by atoms with Gasteiger partial charge in [-0.05, 0) is 68.6 Å². The molecule has 0 N–H and O–H groups in total. The number of hydrogen-bond donors (Lipinski definition) is 0. The molecule has 7 nitrogen and oxygen atoms in total. The second-order valence-electron chi connectivity index (χ2n) is 10.7. The Kier molecular flexibility index (Phi) is 7.15. The van der Waals surface area contributed by atoms with Crippen LogP contribution in [-0.4, -0.2) is 64.5 Å². The number of aryl methyl sites for hydroxylation is 1. The van der Waals surface area contributed by atoms with E-state index in [-0.39, 0.29) is 18.3 Å². The molecule has 1 atom stereocenters. The van der Waals surface area contributed by atoms with Crippen molar-refractivity contribution < 1.29 is 18.0 Å². The van der Waals surface area contributed by atoms with Gasteiger partial charge in [-0.2, -0.15) is 13.2 Å². The molecule has 12 heteroatoms. The summed E-state index contributed by atoms with van der Waals surface area (Å²) in [5, 5.41) is 1.47. The molecule has 3 aromatic heterocycles. The van der Waals surface area contributed by atoms with Crippen LogP contribution < -0.4 is 9.80 Å². The van der Waals surface area contributed by atoms with Gasteiger partial charge in [0.1, 0.15) is 9.88 Å². The standard InChI is InChI=1S/C29H27F3N6OS.ClH/c1-17-26(40-27(35-17)22-5-4-19(15-34-22)29(30,31)32)28(39)38-10-7-18-13-23-21(14-25(18)38)24(6-8-33-23)37-12-11-36-9-2-3-20(36)16-37;/h4-6,8,13-15,20H,2-3,7,9-12,16H2,1H3;1H/t20-;/m0./s1. The Morgan fingerprint density at radius 3 is 2.68 bits per heavy atom. The van der Waals surface area contributed by atoms with E-state index in [9.17, 15) is 18.0 Å². The molecule has 0 aliphatic carbocycles. The number of carbonyl (C=O) groups is 1. The molecule has 0 saturated carbocycles. The summed E-state index contributed by atoms with van der Waals surface area (Å²) in [6.45, 7) is 6.51. The molecule has 214 valence electrons. The van der Waals surface area contributed by atoms with Gasteiger partial charge in [-0.25, -0.2) is 4.98 Å². The predicted octanol–water partition coefficient (Wildman–Crippen LogP) is 5.99. The number of thiazole rings is 1. The second-order valence-corrected chi connectivity index (χ2v) is 11.7. The van der Waals surface area contributed by atoms with Crippen LogP contribution >= 0.6 is 23.7 Å². The first-order valence-corrected chi connectivity index (χ1v) is 14.3. The molecule has 3 aliphatic heterocycles. The van der Waals surface area contributed by atoms with Gasteiger partial charge < -0.3 is 9.80 Å². The highest BCUT2D eigenvalue weighted by molar-refractivity contribution is 7.17. The molecule has 1 amide bonds. The number of hydrogen-bond acceptors (Lipinski definition) is 7. The number of carbonyl (C=O) groups excluding carboxylic acids is 1. The van der Waals surface area contributed by atoms with Crippen LogP contribution in [0.25, 0.3) is 21.6 Å². The zero-order chi connectivity index (χ0) is 27.6. The third-order valence-electron chi connectivity index (χ3n) is 8.29. The van der Waals surface area contributed by atoms with Gasteiger partial charge >= 0.3 is 6.18 Å². The minimum absolute atomic E-state index is 0. The number of nitrogens with zero attached hydrogens (tertiary/aromatic N) is 6. The Morgan fingerprint density at radius 2 is 1.90 bits per heavy atom. The van der Waals surface area contributed by atoms with Crippen LogP contribution in [-0.2, 0) is 12.6 Å². The fourth-order valence-electron chi connectivity index (χ4n) is 6.23. The Labute approximate surface area is 245 Å². The fourth-order valence-corrected chi connectivity index (χ4v) is 7.22. The summed E-state index contributed by atoms with van der Waals surface area (Å²) in [5.41, 5.74) is 4.09. The van der Waals surface area contributed by atoms with Gasteiger partial charge in [-0.1, -0.05) is 0 Å². The lowest BCUT2D eigenvalue weighted by atomic mass is 10.1. The van der Waals surface area contributed by atoms with Crippen molar-refractivity contribution >= 4 is 51.9 Å². The first-order chi connectivity index (χ1) is 19.3. The Hall–Kier alpha value is -3.28. The van der Waals surface area contributed by atoms with Crippen molar-refractivity contribution in [2.24, 2.45) is 0 Å². The molecule has 4 aromatic rings. The van der Waals surface area contributed by atoms with E-state index in [1.165, 1.54) is 25.5 Å². The fraction of sp³-hybridized carbons (Fsp3) is 0.379. The number of pyridine rings is 2. The molecule has 0 radical (unpaired) electrons. The van der Waals surface area contributed by atoms with Crippen LogP contribution in [0.4, 0.5) is 24.5 Å². The summed E-state index contributed by atoms with van der Waals surface area (Å²) in [6, 6.07) is 9.16. The van der Waals surface area contributed by atoms with Crippen molar-refractivity contribution in [2.75, 3.05) is 42.5 Å². The topological polar surface area (TPSA) is 65.5 Å². The van der Waals surface area contributed by atoms with Crippen molar-refractivity contribution in [1.82, 2.24) is 19.9 Å². The highest BCUT2D eigenvalue weighted by Crippen LogP contribution is 2.39. The smallest absolute Gasteiger partial charge is 0.368 e. The number of rotatable bonds is 3. The van der Waals surface area contributed by atoms with Gasteiger partial charge in [0.15, 0.2) is 0 Å². The van der Waals surface area contributed by atoms with Crippen LogP contribution in [0.1, 0.15) is 39.3 Å². The molecule has 1 aromatic carbocycles. The molecule has 7 rings (SSSR count). The van der Waals surface area contributed by atoms with E-state index < -0.39 is 11.7 Å². The van der Waals surface area contributed by atoms with Crippen LogP contribution in [0.15, 0.2) is 42.7 Å². The quantitative estimate of drug-likeness (QED) is 0.288. The number of alkyl halides is 3. The van der Waals surface area contributed by atoms with E-state index in [1.807, 2.05) is 6.20 Å². The number of piperazine rings is 1. The summed E-state index contributed by atoms with van der Waals surface area (Å²) in [5.74, 6) is -0.156. The van der Waals surface area contributed by atoms with E-state index in [1.54, 1.807) is 11.8 Å². The molecule has 0 unspecified atom stereocenters. The second kappa shape index (κ2) is 10.5. The van der Waals surface area contributed by atoms with E-state index in [0.29, 0.717) is 33.9 Å².